The molecular formula is C59H37N5. The average Bonchev–Trinajstić information content (AvgIpc) is 3.37. The fourth-order valence-corrected chi connectivity index (χ4v) is 8.99. The maximum absolute atomic E-state index is 5.35. The number of benzene rings is 9. The van der Waals surface area contributed by atoms with Crippen LogP contribution in [0.15, 0.2) is 225 Å². The third kappa shape index (κ3) is 6.91. The van der Waals surface area contributed by atoms with Crippen LogP contribution in [0.5, 0.6) is 0 Å². The van der Waals surface area contributed by atoms with E-state index in [0.717, 1.165) is 82.7 Å². The second kappa shape index (κ2) is 15.7. The first-order valence-electron chi connectivity index (χ1n) is 21.4. The summed E-state index contributed by atoms with van der Waals surface area (Å²) in [6.45, 7) is 0. The predicted octanol–water partition coefficient (Wildman–Crippen LogP) is 14.9. The van der Waals surface area contributed by atoms with Gasteiger partial charge >= 0.3 is 0 Å². The largest absolute Gasteiger partial charge is 0.264 e. The molecule has 0 atom stereocenters. The lowest BCUT2D eigenvalue weighted by Crippen LogP contribution is -2.01. The van der Waals surface area contributed by atoms with Crippen LogP contribution < -0.4 is 0 Å². The van der Waals surface area contributed by atoms with Crippen LogP contribution in [0.1, 0.15) is 0 Å². The van der Waals surface area contributed by atoms with Crippen LogP contribution in [0.3, 0.4) is 0 Å². The molecular weight excluding hydrogens is 779 g/mol. The fraction of sp³-hybridized carbons (Fsp3) is 0. The topological polar surface area (TPSA) is 64.5 Å². The first-order chi connectivity index (χ1) is 31.7. The van der Waals surface area contributed by atoms with Gasteiger partial charge in [0.15, 0.2) is 17.5 Å². The monoisotopic (exact) mass is 815 g/mol. The molecule has 0 bridgehead atoms. The van der Waals surface area contributed by atoms with Crippen molar-refractivity contribution in [3.05, 3.63) is 225 Å². The van der Waals surface area contributed by atoms with Crippen LogP contribution in [-0.4, -0.2) is 24.9 Å². The molecule has 12 aromatic rings. The van der Waals surface area contributed by atoms with Crippen molar-refractivity contribution in [3.63, 3.8) is 0 Å². The summed E-state index contributed by atoms with van der Waals surface area (Å²) in [6, 6.07) is 70.9. The maximum atomic E-state index is 5.35. The SMILES string of the molecule is c1cc(-c2ccc3ccccc3c2)cc(-c2nc(-c3cccc(-c4ccc5ccccc5c4)c3)nc(-c3cc(-c4cccc5cnccc45)cc(-c4cccc5cnccc45)c3)n2)c1. The molecule has 0 aliphatic carbocycles. The summed E-state index contributed by atoms with van der Waals surface area (Å²) >= 11 is 0. The fourth-order valence-electron chi connectivity index (χ4n) is 8.99. The molecule has 0 saturated carbocycles. The Balaban J connectivity index is 1.07. The highest BCUT2D eigenvalue weighted by molar-refractivity contribution is 6.01. The smallest absolute Gasteiger partial charge is 0.164 e. The molecule has 64 heavy (non-hydrogen) atoms. The summed E-state index contributed by atoms with van der Waals surface area (Å²) in [5, 5.41) is 9.20. The second-order valence-corrected chi connectivity index (χ2v) is 16.2. The minimum absolute atomic E-state index is 0.583. The molecule has 9 aromatic carbocycles. The number of rotatable bonds is 7. The van der Waals surface area contributed by atoms with Crippen molar-refractivity contribution < 1.29 is 0 Å². The molecule has 0 aliphatic heterocycles. The quantitative estimate of drug-likeness (QED) is 0.160. The lowest BCUT2D eigenvalue weighted by atomic mass is 9.92. The van der Waals surface area contributed by atoms with E-state index in [1.54, 1.807) is 0 Å². The molecule has 0 radical (unpaired) electrons. The van der Waals surface area contributed by atoms with Crippen molar-refractivity contribution in [1.82, 2.24) is 24.9 Å². The van der Waals surface area contributed by atoms with Crippen LogP contribution >= 0.6 is 0 Å². The normalized spacial score (nSPS) is 11.4. The van der Waals surface area contributed by atoms with E-state index in [2.05, 4.69) is 210 Å². The van der Waals surface area contributed by atoms with Crippen molar-refractivity contribution in [1.29, 1.82) is 0 Å². The van der Waals surface area contributed by atoms with Crippen molar-refractivity contribution >= 4 is 43.1 Å². The lowest BCUT2D eigenvalue weighted by molar-refractivity contribution is 1.07. The molecule has 12 rings (SSSR count). The first kappa shape index (κ1) is 37.1. The van der Waals surface area contributed by atoms with E-state index < -0.39 is 0 Å². The molecule has 0 fully saturated rings. The summed E-state index contributed by atoms with van der Waals surface area (Å²) in [5.74, 6) is 1.77. The molecule has 298 valence electrons. The van der Waals surface area contributed by atoms with Crippen LogP contribution in [0.4, 0.5) is 0 Å². The second-order valence-electron chi connectivity index (χ2n) is 16.2. The van der Waals surface area contributed by atoms with E-state index in [0.29, 0.717) is 17.5 Å². The molecule has 3 heterocycles. The summed E-state index contributed by atoms with van der Waals surface area (Å²) < 4.78 is 0. The zero-order chi connectivity index (χ0) is 42.4. The molecule has 3 aromatic heterocycles. The highest BCUT2D eigenvalue weighted by Crippen LogP contribution is 2.39. The van der Waals surface area contributed by atoms with Crippen LogP contribution in [0.2, 0.25) is 0 Å². The Labute approximate surface area is 370 Å². The highest BCUT2D eigenvalue weighted by atomic mass is 15.0. The van der Waals surface area contributed by atoms with E-state index >= 15 is 0 Å². The molecule has 0 spiro atoms. The van der Waals surface area contributed by atoms with Gasteiger partial charge in [-0.05, 0) is 131 Å². The minimum Gasteiger partial charge on any atom is -0.264 e. The van der Waals surface area contributed by atoms with E-state index in [1.807, 2.05) is 24.8 Å². The van der Waals surface area contributed by atoms with E-state index in [4.69, 9.17) is 15.0 Å². The highest BCUT2D eigenvalue weighted by Gasteiger charge is 2.18. The van der Waals surface area contributed by atoms with Gasteiger partial charge in [0.05, 0.1) is 0 Å². The summed E-state index contributed by atoms with van der Waals surface area (Å²) in [7, 11) is 0. The van der Waals surface area contributed by atoms with Gasteiger partial charge < -0.3 is 0 Å². The zero-order valence-corrected chi connectivity index (χ0v) is 34.6. The molecule has 0 saturated heterocycles. The van der Waals surface area contributed by atoms with Gasteiger partial charge in [0, 0.05) is 52.3 Å². The molecule has 5 heteroatoms. The number of fused-ring (bicyclic) bond motifs is 4. The van der Waals surface area contributed by atoms with Gasteiger partial charge in [0.2, 0.25) is 0 Å². The van der Waals surface area contributed by atoms with Crippen LogP contribution in [0.25, 0.3) is 122 Å². The Bertz CT molecular complexity index is 3510. The molecule has 0 amide bonds. The van der Waals surface area contributed by atoms with Gasteiger partial charge in [-0.25, -0.2) is 15.0 Å². The van der Waals surface area contributed by atoms with Crippen molar-refractivity contribution in [2.45, 2.75) is 0 Å². The Kier molecular flexibility index (Phi) is 9.08. The Morgan fingerprint density at radius 1 is 0.234 bits per heavy atom. The van der Waals surface area contributed by atoms with Crippen LogP contribution in [-0.2, 0) is 0 Å². The van der Waals surface area contributed by atoms with Gasteiger partial charge in [0.1, 0.15) is 0 Å². The number of pyridine rings is 2. The Hall–Kier alpha value is -8.67. The number of nitrogens with zero attached hydrogens (tertiary/aromatic N) is 5. The third-order valence-electron chi connectivity index (χ3n) is 12.2. The van der Waals surface area contributed by atoms with Crippen molar-refractivity contribution in [2.24, 2.45) is 0 Å². The molecule has 0 unspecified atom stereocenters. The van der Waals surface area contributed by atoms with Gasteiger partial charge in [-0.1, -0.05) is 146 Å². The van der Waals surface area contributed by atoms with Gasteiger partial charge in [-0.2, -0.15) is 0 Å². The summed E-state index contributed by atoms with van der Waals surface area (Å²) in [5.41, 5.74) is 11.4. The average molecular weight is 816 g/mol. The maximum Gasteiger partial charge on any atom is 0.164 e. The minimum atomic E-state index is 0.583. The molecule has 5 nitrogen and oxygen atoms in total. The van der Waals surface area contributed by atoms with Gasteiger partial charge in [-0.15, -0.1) is 0 Å². The van der Waals surface area contributed by atoms with E-state index in [-0.39, 0.29) is 0 Å². The lowest BCUT2D eigenvalue weighted by Gasteiger charge is -2.15. The number of hydrogen-bond acceptors (Lipinski definition) is 5. The van der Waals surface area contributed by atoms with E-state index in [1.165, 1.54) is 21.5 Å². The van der Waals surface area contributed by atoms with E-state index in [9.17, 15) is 0 Å². The standard InChI is InChI=1S/C59H37N5/c1-3-11-40-29-44(23-21-38(40)9-1)42-13-5-15-46(31-42)57-62-58(47-16-6-14-43(32-47)45-24-22-39-10-2-4-12-41(39)30-45)64-59(63-57)52-34-50(53-19-7-17-48-36-60-27-25-55(48)53)33-51(35-52)54-20-8-18-49-37-61-28-26-56(49)54/h1-37H. The zero-order valence-electron chi connectivity index (χ0n) is 34.6. The predicted molar refractivity (Wildman–Crippen MR) is 263 cm³/mol. The molecule has 0 aliphatic rings. The Morgan fingerprint density at radius 3 is 1.11 bits per heavy atom. The number of aromatic nitrogens is 5. The summed E-state index contributed by atoms with van der Waals surface area (Å²) in [4.78, 5) is 24.8. The Morgan fingerprint density at radius 2 is 0.609 bits per heavy atom. The van der Waals surface area contributed by atoms with Gasteiger partial charge in [0.25, 0.3) is 0 Å². The van der Waals surface area contributed by atoms with Crippen LogP contribution in [0, 0.1) is 0 Å². The first-order valence-corrected chi connectivity index (χ1v) is 21.4. The van der Waals surface area contributed by atoms with Crippen molar-refractivity contribution in [2.75, 3.05) is 0 Å². The number of hydrogen-bond donors (Lipinski definition) is 0. The summed E-state index contributed by atoms with van der Waals surface area (Å²) in [6.07, 6.45) is 7.56. The molecule has 0 N–H and O–H groups in total. The third-order valence-corrected chi connectivity index (χ3v) is 12.2. The van der Waals surface area contributed by atoms with Crippen molar-refractivity contribution in [3.8, 4) is 78.7 Å². The van der Waals surface area contributed by atoms with Gasteiger partial charge in [-0.3, -0.25) is 9.97 Å².